The summed E-state index contributed by atoms with van der Waals surface area (Å²) < 4.78 is 6.83. The number of hydrogen-bond donors (Lipinski definition) is 1. The first-order chi connectivity index (χ1) is 11.3. The van der Waals surface area contributed by atoms with Crippen LogP contribution in [0, 0.1) is 0 Å². The Bertz CT molecular complexity index is 705. The number of benzene rings is 2. The molecule has 1 amide bonds. The number of nitrogens with one attached hydrogen (secondary N) is 1. The first kappa shape index (κ1) is 16.0. The topological polar surface area (TPSA) is 50.7 Å². The number of anilines is 1. The summed E-state index contributed by atoms with van der Waals surface area (Å²) in [6.45, 7) is 0.850. The van der Waals surface area contributed by atoms with Crippen LogP contribution in [0.25, 0.3) is 0 Å². The van der Waals surface area contributed by atoms with Gasteiger partial charge in [0.1, 0.15) is 10.1 Å². The number of carbonyl (C=O) groups excluding carboxylic acids is 1. The van der Waals surface area contributed by atoms with Gasteiger partial charge in [0.25, 0.3) is 0 Å². The Hall–Kier alpha value is -1.92. The number of carbonyl (C=O) groups is 1. The zero-order valence-electron chi connectivity index (χ0n) is 12.4. The summed E-state index contributed by atoms with van der Waals surface area (Å²) in [6, 6.07) is 16.9. The molecule has 23 heavy (non-hydrogen) atoms. The van der Waals surface area contributed by atoms with Crippen LogP contribution in [0.15, 0.2) is 59.6 Å². The van der Waals surface area contributed by atoms with Crippen LogP contribution < -0.4 is 10.1 Å². The smallest absolute Gasteiger partial charge is 0.234 e. The summed E-state index contributed by atoms with van der Waals surface area (Å²) in [4.78, 5) is 16.4. The molecule has 0 atom stereocenters. The molecule has 1 N–H and O–H groups in total. The fourth-order valence-corrected chi connectivity index (χ4v) is 3.80. The average molecular weight is 344 g/mol. The van der Waals surface area contributed by atoms with E-state index in [9.17, 15) is 4.79 Å². The highest BCUT2D eigenvalue weighted by Gasteiger charge is 2.12. The van der Waals surface area contributed by atoms with E-state index in [-0.39, 0.29) is 5.91 Å². The lowest BCUT2D eigenvalue weighted by molar-refractivity contribution is -0.113. The van der Waals surface area contributed by atoms with E-state index in [1.54, 1.807) is 11.8 Å². The molecule has 2 aromatic carbocycles. The van der Waals surface area contributed by atoms with E-state index in [1.807, 2.05) is 54.6 Å². The van der Waals surface area contributed by atoms with Gasteiger partial charge < -0.3 is 10.1 Å². The van der Waals surface area contributed by atoms with Crippen LogP contribution in [0.5, 0.6) is 11.5 Å². The highest BCUT2D eigenvalue weighted by Crippen LogP contribution is 2.29. The maximum atomic E-state index is 12.1. The Labute approximate surface area is 143 Å². The fraction of sp³-hybridized carbons (Fsp3) is 0.176. The van der Waals surface area contributed by atoms with Crippen LogP contribution in [0.4, 0.5) is 5.69 Å². The standard InChI is InChI=1S/C17H16N2O2S2/c20-16(12-23-17-18-10-11-22-17)19-14-8-4-5-9-15(14)21-13-6-2-1-3-7-13/h1-9H,10-12H2,(H,19,20). The number of amides is 1. The van der Waals surface area contributed by atoms with Gasteiger partial charge in [-0.3, -0.25) is 9.79 Å². The largest absolute Gasteiger partial charge is 0.455 e. The molecule has 1 heterocycles. The summed E-state index contributed by atoms with van der Waals surface area (Å²) in [5, 5.41) is 2.91. The molecule has 2 aromatic rings. The molecule has 0 saturated carbocycles. The van der Waals surface area contributed by atoms with Gasteiger partial charge in [-0.15, -0.1) is 0 Å². The molecule has 0 aliphatic carbocycles. The van der Waals surface area contributed by atoms with Crippen LogP contribution in [-0.2, 0) is 4.79 Å². The molecule has 1 aliphatic heterocycles. The van der Waals surface area contributed by atoms with E-state index in [1.165, 1.54) is 11.8 Å². The monoisotopic (exact) mass is 344 g/mol. The van der Waals surface area contributed by atoms with E-state index in [0.717, 1.165) is 22.4 Å². The van der Waals surface area contributed by atoms with Gasteiger partial charge in [-0.05, 0) is 24.3 Å². The number of rotatable bonds is 5. The summed E-state index contributed by atoms with van der Waals surface area (Å²) in [5.41, 5.74) is 0.669. The van der Waals surface area contributed by atoms with Gasteiger partial charge in [-0.25, -0.2) is 0 Å². The fourth-order valence-electron chi connectivity index (χ4n) is 1.99. The van der Waals surface area contributed by atoms with Gasteiger partial charge in [0, 0.05) is 5.75 Å². The Kier molecular flexibility index (Phi) is 5.60. The Morgan fingerprint density at radius 1 is 1.17 bits per heavy atom. The average Bonchev–Trinajstić information content (AvgIpc) is 3.09. The Morgan fingerprint density at radius 2 is 1.96 bits per heavy atom. The third-order valence-electron chi connectivity index (χ3n) is 3.02. The maximum absolute atomic E-state index is 12.1. The molecule has 0 saturated heterocycles. The van der Waals surface area contributed by atoms with E-state index in [0.29, 0.717) is 17.2 Å². The third-order valence-corrected chi connectivity index (χ3v) is 5.27. The summed E-state index contributed by atoms with van der Waals surface area (Å²) in [6.07, 6.45) is 0. The van der Waals surface area contributed by atoms with Crippen molar-refractivity contribution < 1.29 is 9.53 Å². The molecular weight excluding hydrogens is 328 g/mol. The van der Waals surface area contributed by atoms with Crippen molar-refractivity contribution in [3.05, 3.63) is 54.6 Å². The Balaban J connectivity index is 1.62. The second-order valence-corrected chi connectivity index (χ2v) is 7.05. The van der Waals surface area contributed by atoms with E-state index in [2.05, 4.69) is 10.3 Å². The van der Waals surface area contributed by atoms with Crippen LogP contribution in [0.2, 0.25) is 0 Å². The molecule has 0 unspecified atom stereocenters. The van der Waals surface area contributed by atoms with E-state index >= 15 is 0 Å². The lowest BCUT2D eigenvalue weighted by Crippen LogP contribution is -2.15. The van der Waals surface area contributed by atoms with Crippen LogP contribution in [0.3, 0.4) is 0 Å². The maximum Gasteiger partial charge on any atom is 0.234 e. The predicted octanol–water partition coefficient (Wildman–Crippen LogP) is 4.25. The molecule has 3 rings (SSSR count). The molecule has 0 fully saturated rings. The van der Waals surface area contributed by atoms with Crippen molar-refractivity contribution in [1.82, 2.24) is 0 Å². The zero-order chi connectivity index (χ0) is 15.9. The molecule has 0 bridgehead atoms. The number of para-hydroxylation sites is 3. The number of nitrogens with zero attached hydrogens (tertiary/aromatic N) is 1. The molecule has 6 heteroatoms. The van der Waals surface area contributed by atoms with Crippen molar-refractivity contribution in [2.75, 3.05) is 23.4 Å². The zero-order valence-corrected chi connectivity index (χ0v) is 14.0. The van der Waals surface area contributed by atoms with E-state index < -0.39 is 0 Å². The van der Waals surface area contributed by atoms with Crippen molar-refractivity contribution >= 4 is 39.5 Å². The quantitative estimate of drug-likeness (QED) is 0.881. The second-order valence-electron chi connectivity index (χ2n) is 4.74. The minimum absolute atomic E-state index is 0.0608. The predicted molar refractivity (Wildman–Crippen MR) is 98.8 cm³/mol. The van der Waals surface area contributed by atoms with Gasteiger partial charge in [-0.2, -0.15) is 0 Å². The van der Waals surface area contributed by atoms with Gasteiger partial charge >= 0.3 is 0 Å². The lowest BCUT2D eigenvalue weighted by atomic mass is 10.3. The van der Waals surface area contributed by atoms with Crippen LogP contribution in [-0.4, -0.2) is 28.3 Å². The highest BCUT2D eigenvalue weighted by atomic mass is 32.2. The van der Waals surface area contributed by atoms with Crippen molar-refractivity contribution in [3.63, 3.8) is 0 Å². The first-order valence-corrected chi connectivity index (χ1v) is 9.20. The molecule has 0 radical (unpaired) electrons. The van der Waals surface area contributed by atoms with Gasteiger partial charge in [0.05, 0.1) is 18.0 Å². The molecular formula is C17H16N2O2S2. The van der Waals surface area contributed by atoms with Gasteiger partial charge in [-0.1, -0.05) is 53.9 Å². The number of ether oxygens (including phenoxy) is 1. The Morgan fingerprint density at radius 3 is 2.74 bits per heavy atom. The molecule has 1 aliphatic rings. The van der Waals surface area contributed by atoms with Crippen molar-refractivity contribution in [1.29, 1.82) is 0 Å². The SMILES string of the molecule is O=C(CSC1=NCCS1)Nc1ccccc1Oc1ccccc1. The summed E-state index contributed by atoms with van der Waals surface area (Å²) >= 11 is 3.19. The highest BCUT2D eigenvalue weighted by molar-refractivity contribution is 8.39. The van der Waals surface area contributed by atoms with Gasteiger partial charge in [0.2, 0.25) is 5.91 Å². The summed E-state index contributed by atoms with van der Waals surface area (Å²) in [5.74, 6) is 2.67. The minimum Gasteiger partial charge on any atom is -0.455 e. The van der Waals surface area contributed by atoms with Crippen molar-refractivity contribution in [3.8, 4) is 11.5 Å². The second kappa shape index (κ2) is 8.08. The van der Waals surface area contributed by atoms with Crippen LogP contribution in [0.1, 0.15) is 0 Å². The molecule has 0 spiro atoms. The molecule has 0 aromatic heterocycles. The lowest BCUT2D eigenvalue weighted by Gasteiger charge is -2.12. The number of hydrogen-bond acceptors (Lipinski definition) is 5. The number of aliphatic imine (C=N–C) groups is 1. The van der Waals surface area contributed by atoms with Crippen molar-refractivity contribution in [2.24, 2.45) is 4.99 Å². The number of thioether (sulfide) groups is 2. The minimum atomic E-state index is -0.0608. The first-order valence-electron chi connectivity index (χ1n) is 7.23. The van der Waals surface area contributed by atoms with Gasteiger partial charge in [0.15, 0.2) is 5.75 Å². The van der Waals surface area contributed by atoms with Crippen LogP contribution >= 0.6 is 23.5 Å². The molecule has 4 nitrogen and oxygen atoms in total. The molecule has 118 valence electrons. The summed E-state index contributed by atoms with van der Waals surface area (Å²) in [7, 11) is 0. The van der Waals surface area contributed by atoms with Crippen molar-refractivity contribution in [2.45, 2.75) is 0 Å². The van der Waals surface area contributed by atoms with E-state index in [4.69, 9.17) is 4.74 Å². The normalized spacial score (nSPS) is 13.5. The third kappa shape index (κ3) is 4.77.